The van der Waals surface area contributed by atoms with Crippen LogP contribution in [0.1, 0.15) is 79.1 Å². The van der Waals surface area contributed by atoms with Crippen molar-refractivity contribution in [2.24, 2.45) is 17.3 Å². The van der Waals surface area contributed by atoms with Crippen molar-refractivity contribution in [3.63, 3.8) is 0 Å². The fourth-order valence-electron chi connectivity index (χ4n) is 3.38. The van der Waals surface area contributed by atoms with E-state index in [1.165, 1.54) is 64.5 Å². The molecule has 18 heavy (non-hydrogen) atoms. The van der Waals surface area contributed by atoms with Gasteiger partial charge < -0.3 is 5.32 Å². The lowest BCUT2D eigenvalue weighted by Gasteiger charge is -2.33. The molecule has 0 unspecified atom stereocenters. The minimum atomic E-state index is 0.567. The molecule has 1 aliphatic rings. The molecule has 0 aromatic heterocycles. The molecule has 0 atom stereocenters. The first-order valence-corrected chi connectivity index (χ1v) is 8.32. The molecular formula is C17H35N. The third-order valence-corrected chi connectivity index (χ3v) is 5.11. The summed E-state index contributed by atoms with van der Waals surface area (Å²) >= 11 is 0. The van der Waals surface area contributed by atoms with Crippen molar-refractivity contribution >= 4 is 0 Å². The van der Waals surface area contributed by atoms with Gasteiger partial charge in [-0.15, -0.1) is 0 Å². The van der Waals surface area contributed by atoms with Crippen molar-refractivity contribution in [2.45, 2.75) is 79.1 Å². The Labute approximate surface area is 115 Å². The Balaban J connectivity index is 2.34. The summed E-state index contributed by atoms with van der Waals surface area (Å²) in [6.45, 7) is 11.8. The van der Waals surface area contributed by atoms with Gasteiger partial charge in [-0.2, -0.15) is 0 Å². The summed E-state index contributed by atoms with van der Waals surface area (Å²) < 4.78 is 0. The van der Waals surface area contributed by atoms with Crippen LogP contribution >= 0.6 is 0 Å². The van der Waals surface area contributed by atoms with E-state index in [9.17, 15) is 0 Å². The maximum atomic E-state index is 3.70. The lowest BCUT2D eigenvalue weighted by Crippen LogP contribution is -2.35. The van der Waals surface area contributed by atoms with Gasteiger partial charge in [-0.05, 0) is 49.5 Å². The Bertz CT molecular complexity index is 200. The Morgan fingerprint density at radius 1 is 1.11 bits per heavy atom. The molecule has 0 bridgehead atoms. The van der Waals surface area contributed by atoms with Crippen LogP contribution in [0.5, 0.6) is 0 Å². The molecule has 0 saturated heterocycles. The number of rotatable bonds is 9. The standard InChI is InChI=1S/C17H35N/c1-5-17(6-2,14-18-13-15(3)4)12-11-16-9-7-8-10-16/h15-16,18H,5-14H2,1-4H3. The second-order valence-corrected chi connectivity index (χ2v) is 6.92. The summed E-state index contributed by atoms with van der Waals surface area (Å²) in [5.41, 5.74) is 0.567. The average molecular weight is 253 g/mol. The van der Waals surface area contributed by atoms with E-state index in [4.69, 9.17) is 0 Å². The van der Waals surface area contributed by atoms with Gasteiger partial charge in [0.2, 0.25) is 0 Å². The Morgan fingerprint density at radius 2 is 1.72 bits per heavy atom. The Kier molecular flexibility index (Phi) is 7.29. The minimum absolute atomic E-state index is 0.567. The third kappa shape index (κ3) is 5.30. The molecule has 0 amide bonds. The molecule has 1 saturated carbocycles. The van der Waals surface area contributed by atoms with E-state index in [-0.39, 0.29) is 0 Å². The van der Waals surface area contributed by atoms with Crippen molar-refractivity contribution in [3.8, 4) is 0 Å². The van der Waals surface area contributed by atoms with Crippen LogP contribution in [0.15, 0.2) is 0 Å². The molecule has 0 aromatic carbocycles. The normalized spacial score (nSPS) is 17.8. The van der Waals surface area contributed by atoms with E-state index in [1.807, 2.05) is 0 Å². The van der Waals surface area contributed by atoms with Crippen molar-refractivity contribution in [1.29, 1.82) is 0 Å². The maximum absolute atomic E-state index is 3.70. The molecule has 1 heteroatoms. The van der Waals surface area contributed by atoms with Crippen LogP contribution in [0, 0.1) is 17.3 Å². The van der Waals surface area contributed by atoms with Crippen LogP contribution in [0.25, 0.3) is 0 Å². The van der Waals surface area contributed by atoms with Crippen LogP contribution in [0.3, 0.4) is 0 Å². The van der Waals surface area contributed by atoms with Gasteiger partial charge in [0.05, 0.1) is 0 Å². The van der Waals surface area contributed by atoms with Gasteiger partial charge in [-0.1, -0.05) is 53.4 Å². The van der Waals surface area contributed by atoms with Crippen LogP contribution in [-0.4, -0.2) is 13.1 Å². The fourth-order valence-corrected chi connectivity index (χ4v) is 3.38. The molecule has 0 heterocycles. The monoisotopic (exact) mass is 253 g/mol. The largest absolute Gasteiger partial charge is 0.316 e. The van der Waals surface area contributed by atoms with Gasteiger partial charge in [-0.3, -0.25) is 0 Å². The van der Waals surface area contributed by atoms with Gasteiger partial charge in [0.15, 0.2) is 0 Å². The van der Waals surface area contributed by atoms with E-state index in [2.05, 4.69) is 33.0 Å². The van der Waals surface area contributed by atoms with Crippen molar-refractivity contribution < 1.29 is 0 Å². The molecular weight excluding hydrogens is 218 g/mol. The molecule has 108 valence electrons. The van der Waals surface area contributed by atoms with Gasteiger partial charge >= 0.3 is 0 Å². The molecule has 0 aliphatic heterocycles. The van der Waals surface area contributed by atoms with E-state index >= 15 is 0 Å². The first-order chi connectivity index (χ1) is 8.62. The predicted octanol–water partition coefficient (Wildman–Crippen LogP) is 5.01. The number of hydrogen-bond acceptors (Lipinski definition) is 1. The smallest absolute Gasteiger partial charge is 0.000771 e. The van der Waals surface area contributed by atoms with Crippen molar-refractivity contribution in [1.82, 2.24) is 5.32 Å². The van der Waals surface area contributed by atoms with Gasteiger partial charge in [0.25, 0.3) is 0 Å². The summed E-state index contributed by atoms with van der Waals surface area (Å²) in [4.78, 5) is 0. The van der Waals surface area contributed by atoms with Gasteiger partial charge in [0.1, 0.15) is 0 Å². The van der Waals surface area contributed by atoms with Crippen LogP contribution < -0.4 is 5.32 Å². The van der Waals surface area contributed by atoms with Crippen molar-refractivity contribution in [2.75, 3.05) is 13.1 Å². The number of hydrogen-bond donors (Lipinski definition) is 1. The maximum Gasteiger partial charge on any atom is 0.000771 e. The Morgan fingerprint density at radius 3 is 2.22 bits per heavy atom. The zero-order valence-corrected chi connectivity index (χ0v) is 13.2. The first kappa shape index (κ1) is 16.0. The summed E-state index contributed by atoms with van der Waals surface area (Å²) in [5.74, 6) is 1.82. The molecule has 1 N–H and O–H groups in total. The molecule has 0 spiro atoms. The molecule has 1 fully saturated rings. The summed E-state index contributed by atoms with van der Waals surface area (Å²) in [5, 5.41) is 3.70. The highest BCUT2D eigenvalue weighted by Crippen LogP contribution is 2.37. The molecule has 1 rings (SSSR count). The van der Waals surface area contributed by atoms with Crippen LogP contribution in [-0.2, 0) is 0 Å². The summed E-state index contributed by atoms with van der Waals surface area (Å²) in [7, 11) is 0. The van der Waals surface area contributed by atoms with E-state index in [0.29, 0.717) is 5.41 Å². The van der Waals surface area contributed by atoms with Crippen molar-refractivity contribution in [3.05, 3.63) is 0 Å². The summed E-state index contributed by atoms with van der Waals surface area (Å²) in [6.07, 6.45) is 11.6. The van der Waals surface area contributed by atoms with Gasteiger partial charge in [0, 0.05) is 6.54 Å². The minimum Gasteiger partial charge on any atom is -0.316 e. The summed E-state index contributed by atoms with van der Waals surface area (Å²) in [6, 6.07) is 0. The SMILES string of the molecule is CCC(CC)(CCC1CCCC1)CNCC(C)C. The molecule has 1 aliphatic carbocycles. The quantitative estimate of drug-likeness (QED) is 0.609. The lowest BCUT2D eigenvalue weighted by molar-refractivity contribution is 0.205. The second-order valence-electron chi connectivity index (χ2n) is 6.92. The van der Waals surface area contributed by atoms with Gasteiger partial charge in [-0.25, -0.2) is 0 Å². The van der Waals surface area contributed by atoms with Crippen LogP contribution in [0.2, 0.25) is 0 Å². The lowest BCUT2D eigenvalue weighted by atomic mass is 9.76. The van der Waals surface area contributed by atoms with E-state index < -0.39 is 0 Å². The predicted molar refractivity (Wildman–Crippen MR) is 81.9 cm³/mol. The molecule has 0 aromatic rings. The Hall–Kier alpha value is -0.0400. The highest BCUT2D eigenvalue weighted by Gasteiger charge is 2.27. The molecule has 0 radical (unpaired) electrons. The zero-order chi connectivity index (χ0) is 13.4. The number of nitrogens with one attached hydrogen (secondary N) is 1. The first-order valence-electron chi connectivity index (χ1n) is 8.32. The topological polar surface area (TPSA) is 12.0 Å². The fraction of sp³-hybridized carbons (Fsp3) is 1.00. The average Bonchev–Trinajstić information content (AvgIpc) is 2.86. The third-order valence-electron chi connectivity index (χ3n) is 5.11. The highest BCUT2D eigenvalue weighted by atomic mass is 14.9. The zero-order valence-electron chi connectivity index (χ0n) is 13.2. The highest BCUT2D eigenvalue weighted by molar-refractivity contribution is 4.81. The second kappa shape index (κ2) is 8.19. The van der Waals surface area contributed by atoms with E-state index in [1.54, 1.807) is 0 Å². The van der Waals surface area contributed by atoms with Crippen LogP contribution in [0.4, 0.5) is 0 Å². The van der Waals surface area contributed by atoms with E-state index in [0.717, 1.165) is 11.8 Å². The molecule has 1 nitrogen and oxygen atoms in total.